The maximum absolute atomic E-state index is 15.3. The Bertz CT molecular complexity index is 2160. The zero-order valence-corrected chi connectivity index (χ0v) is 35.3. The molecule has 4 fully saturated rings. The molecule has 1 unspecified atom stereocenters. The van der Waals surface area contributed by atoms with Crippen molar-refractivity contribution < 1.29 is 43.5 Å². The average molecular weight is 811 g/mol. The number of likely N-dealkylation sites (N-methyl/N-ethyl adjacent to an activating group) is 1. The molecule has 7 aliphatic rings. The number of aliphatic imine (C=N–C) groups is 1. The van der Waals surface area contributed by atoms with Crippen LogP contribution in [0.5, 0.6) is 5.75 Å². The number of para-hydroxylation sites is 1. The van der Waals surface area contributed by atoms with Gasteiger partial charge >= 0.3 is 17.9 Å². The number of hydrogen-bond donors (Lipinski definition) is 2. The number of piperidine rings is 1. The predicted octanol–water partition coefficient (Wildman–Crippen LogP) is 4.18. The summed E-state index contributed by atoms with van der Waals surface area (Å²) in [5.74, 6) is -1.80. The normalized spacial score (nSPS) is 38.9. The first-order chi connectivity index (χ1) is 28.2. The molecule has 11 atom stereocenters. The van der Waals surface area contributed by atoms with Crippen LogP contribution in [0.15, 0.2) is 53.5 Å². The monoisotopic (exact) mass is 810 g/mol. The standard InChI is InChI=1S/C46H58N4O9/c1-8-42(54)23-28-24-45(40(52)57-6,36-30(15-19-49(25-28)26-42)29-13-10-11-14-33(29)47-36)32-21-31-34(22-35(32)56-5)48(4)38-44(31)17-20-50-18-12-16-43(9-2,37(44)50)39(59-27(3)51)46(38,55)41(53)58-7/h10-14,16,21-22,28,30,37-39,54-55H,8-9,15,17-20,23-26H2,1-7H3/t28-,30-,37+,38-,39-,42-,43-,44-,45-,46+/m1/s1. The van der Waals surface area contributed by atoms with E-state index in [4.69, 9.17) is 23.9 Å². The summed E-state index contributed by atoms with van der Waals surface area (Å²) >= 11 is 0. The number of rotatable bonds is 7. The molecular formula is C46H58N4O9. The smallest absolute Gasteiger partial charge is 0.344 e. The average Bonchev–Trinajstić information content (AvgIpc) is 3.90. The van der Waals surface area contributed by atoms with Crippen LogP contribution in [-0.2, 0) is 39.4 Å². The van der Waals surface area contributed by atoms with E-state index in [1.165, 1.54) is 21.1 Å². The van der Waals surface area contributed by atoms with Gasteiger partial charge in [0.15, 0.2) is 6.10 Å². The SMILES string of the molecule is CC[C@@]1(O)C[C@H]2CN(CC[C@H]3C(=Nc4ccccc43)[C@](C(=O)OC)(c3cc4c(cc3OC)N(C)[C@H]3[C@@](O)(C(=O)OC)[C@H](OC(C)=O)[C@]5(CC)C=CCN6CC[C@]43[C@@H]65)C2)C1. The fraction of sp³-hybridized carbons (Fsp3) is 0.609. The van der Waals surface area contributed by atoms with Gasteiger partial charge in [-0.2, -0.15) is 0 Å². The lowest BCUT2D eigenvalue weighted by molar-refractivity contribution is -0.228. The number of hydrogen-bond acceptors (Lipinski definition) is 13. The van der Waals surface area contributed by atoms with Crippen LogP contribution in [0.3, 0.4) is 0 Å². The third-order valence-electron chi connectivity index (χ3n) is 15.7. The number of carbonyl (C=O) groups is 3. The number of carbonyl (C=O) groups excluding carboxylic acids is 3. The van der Waals surface area contributed by atoms with Crippen molar-refractivity contribution in [1.82, 2.24) is 9.80 Å². The first kappa shape index (κ1) is 40.1. The van der Waals surface area contributed by atoms with Gasteiger partial charge in [-0.05, 0) is 80.8 Å². The van der Waals surface area contributed by atoms with Gasteiger partial charge in [-0.3, -0.25) is 19.5 Å². The van der Waals surface area contributed by atoms with Gasteiger partial charge in [-0.25, -0.2) is 4.79 Å². The Morgan fingerprint density at radius 2 is 1.71 bits per heavy atom. The van der Waals surface area contributed by atoms with Gasteiger partial charge in [-0.1, -0.05) is 44.2 Å². The van der Waals surface area contributed by atoms with E-state index >= 15 is 4.79 Å². The van der Waals surface area contributed by atoms with Crippen molar-refractivity contribution in [1.29, 1.82) is 0 Å². The Kier molecular flexibility index (Phi) is 9.43. The number of esters is 3. The van der Waals surface area contributed by atoms with E-state index in [1.54, 1.807) is 7.11 Å². The molecule has 0 aromatic heterocycles. The highest BCUT2D eigenvalue weighted by atomic mass is 16.6. The second kappa shape index (κ2) is 13.9. The molecule has 13 nitrogen and oxygen atoms in total. The minimum absolute atomic E-state index is 0.105. The van der Waals surface area contributed by atoms with Crippen molar-refractivity contribution in [3.63, 3.8) is 0 Å². The lowest BCUT2D eigenvalue weighted by Gasteiger charge is -2.63. The van der Waals surface area contributed by atoms with Crippen molar-refractivity contribution in [2.75, 3.05) is 66.0 Å². The van der Waals surface area contributed by atoms with Gasteiger partial charge in [0.05, 0.1) is 38.7 Å². The van der Waals surface area contributed by atoms with E-state index in [1.807, 2.05) is 50.1 Å². The summed E-state index contributed by atoms with van der Waals surface area (Å²) in [4.78, 5) is 54.8. The minimum atomic E-state index is -2.30. The van der Waals surface area contributed by atoms with Crippen LogP contribution in [-0.4, -0.2) is 134 Å². The zero-order valence-electron chi connectivity index (χ0n) is 35.3. The summed E-state index contributed by atoms with van der Waals surface area (Å²) in [6.45, 7) is 8.64. The van der Waals surface area contributed by atoms with Crippen molar-refractivity contribution >= 4 is 35.0 Å². The molecule has 9 rings (SSSR count). The number of aliphatic hydroxyl groups is 2. The molecule has 2 N–H and O–H groups in total. The van der Waals surface area contributed by atoms with Crippen LogP contribution in [0.1, 0.15) is 81.9 Å². The van der Waals surface area contributed by atoms with Crippen LogP contribution in [0.2, 0.25) is 0 Å². The van der Waals surface area contributed by atoms with Crippen molar-refractivity contribution in [3.05, 3.63) is 65.2 Å². The Morgan fingerprint density at radius 3 is 2.41 bits per heavy atom. The molecule has 1 aliphatic carbocycles. The van der Waals surface area contributed by atoms with Crippen LogP contribution >= 0.6 is 0 Å². The summed E-state index contributed by atoms with van der Waals surface area (Å²) in [7, 11) is 6.14. The molecule has 3 saturated heterocycles. The quantitative estimate of drug-likeness (QED) is 0.235. The van der Waals surface area contributed by atoms with E-state index < -0.39 is 57.5 Å². The van der Waals surface area contributed by atoms with Gasteiger partial charge in [0.25, 0.3) is 0 Å². The molecule has 6 aliphatic heterocycles. The predicted molar refractivity (Wildman–Crippen MR) is 220 cm³/mol. The van der Waals surface area contributed by atoms with Crippen LogP contribution in [0.4, 0.5) is 11.4 Å². The Hall–Kier alpha value is -4.30. The van der Waals surface area contributed by atoms with Gasteiger partial charge in [0.1, 0.15) is 11.2 Å². The number of benzene rings is 2. The molecule has 0 amide bonds. The molecule has 2 aromatic carbocycles. The van der Waals surface area contributed by atoms with Crippen LogP contribution in [0, 0.1) is 11.3 Å². The summed E-state index contributed by atoms with van der Waals surface area (Å²) in [5.41, 5.74) is -1.77. The molecule has 6 heterocycles. The summed E-state index contributed by atoms with van der Waals surface area (Å²) in [5, 5.41) is 25.3. The summed E-state index contributed by atoms with van der Waals surface area (Å²) in [6.07, 6.45) is 5.97. The summed E-state index contributed by atoms with van der Waals surface area (Å²) < 4.78 is 23.9. The highest BCUT2D eigenvalue weighted by Crippen LogP contribution is 2.68. The molecular weight excluding hydrogens is 753 g/mol. The summed E-state index contributed by atoms with van der Waals surface area (Å²) in [6, 6.07) is 10.9. The number of nitrogens with zero attached hydrogens (tertiary/aromatic N) is 4. The van der Waals surface area contributed by atoms with Crippen LogP contribution in [0.25, 0.3) is 0 Å². The van der Waals surface area contributed by atoms with Gasteiger partial charge in [0.2, 0.25) is 5.60 Å². The Labute approximate surface area is 346 Å². The third kappa shape index (κ3) is 5.23. The molecule has 59 heavy (non-hydrogen) atoms. The van der Waals surface area contributed by atoms with Gasteiger partial charge in [0, 0.05) is 79.4 Å². The first-order valence-electron chi connectivity index (χ1n) is 21.3. The molecule has 2 bridgehead atoms. The number of methoxy groups -OCH3 is 3. The second-order valence-electron chi connectivity index (χ2n) is 18.3. The van der Waals surface area contributed by atoms with E-state index in [-0.39, 0.29) is 17.9 Å². The Morgan fingerprint density at radius 1 is 0.949 bits per heavy atom. The maximum Gasteiger partial charge on any atom is 0.344 e. The van der Waals surface area contributed by atoms with E-state index in [2.05, 4.69) is 34.1 Å². The number of anilines is 1. The van der Waals surface area contributed by atoms with E-state index in [9.17, 15) is 19.8 Å². The Balaban J connectivity index is 1.34. The largest absolute Gasteiger partial charge is 0.496 e. The molecule has 316 valence electrons. The van der Waals surface area contributed by atoms with Gasteiger partial charge < -0.3 is 39.0 Å². The highest BCUT2D eigenvalue weighted by Gasteiger charge is 2.80. The number of fused-ring (bicyclic) bond motifs is 6. The second-order valence-corrected chi connectivity index (χ2v) is 18.3. The van der Waals surface area contributed by atoms with Crippen molar-refractivity contribution in [3.8, 4) is 5.75 Å². The van der Waals surface area contributed by atoms with Crippen molar-refractivity contribution in [2.24, 2.45) is 16.3 Å². The lowest BCUT2D eigenvalue weighted by atomic mass is 9.47. The van der Waals surface area contributed by atoms with Gasteiger partial charge in [-0.15, -0.1) is 0 Å². The molecule has 1 saturated carbocycles. The zero-order chi connectivity index (χ0) is 41.9. The third-order valence-corrected chi connectivity index (χ3v) is 15.7. The molecule has 0 radical (unpaired) electrons. The van der Waals surface area contributed by atoms with Crippen LogP contribution < -0.4 is 9.64 Å². The number of ether oxygens (including phenoxy) is 4. The first-order valence-corrected chi connectivity index (χ1v) is 21.3. The maximum atomic E-state index is 15.3. The topological polar surface area (TPSA) is 151 Å². The minimum Gasteiger partial charge on any atom is -0.496 e. The lowest BCUT2D eigenvalue weighted by Crippen LogP contribution is -2.81. The van der Waals surface area contributed by atoms with E-state index in [0.717, 1.165) is 29.0 Å². The highest BCUT2D eigenvalue weighted by molar-refractivity contribution is 6.18. The fourth-order valence-corrected chi connectivity index (χ4v) is 13.7. The molecule has 2 aromatic rings. The molecule has 13 heteroatoms. The van der Waals surface area contributed by atoms with E-state index in [0.29, 0.717) is 81.7 Å². The van der Waals surface area contributed by atoms with Crippen molar-refractivity contribution in [2.45, 2.75) is 105 Å². The molecule has 1 spiro atoms. The fourth-order valence-electron chi connectivity index (χ4n) is 13.7.